The van der Waals surface area contributed by atoms with Crippen LogP contribution in [-0.2, 0) is 6.54 Å². The van der Waals surface area contributed by atoms with Crippen LogP contribution in [0.3, 0.4) is 0 Å². The van der Waals surface area contributed by atoms with Crippen LogP contribution in [0.2, 0.25) is 0 Å². The fourth-order valence-corrected chi connectivity index (χ4v) is 5.00. The Kier molecular flexibility index (Phi) is 7.17. The molecule has 0 bridgehead atoms. The number of aromatic nitrogens is 2. The predicted octanol–water partition coefficient (Wildman–Crippen LogP) is 5.60. The lowest BCUT2D eigenvalue weighted by atomic mass is 10.0. The number of piperidine rings is 1. The lowest BCUT2D eigenvalue weighted by molar-refractivity contribution is 0.211. The van der Waals surface area contributed by atoms with Crippen molar-refractivity contribution in [3.63, 3.8) is 0 Å². The smallest absolute Gasteiger partial charge is 0.224 e. The van der Waals surface area contributed by atoms with E-state index >= 15 is 0 Å². The number of nitrogens with one attached hydrogen (secondary N) is 1. The van der Waals surface area contributed by atoms with Crippen LogP contribution < -0.4 is 10.2 Å². The third-order valence-electron chi connectivity index (χ3n) is 6.96. The summed E-state index contributed by atoms with van der Waals surface area (Å²) < 4.78 is 0. The molecular weight excluding hydrogens is 406 g/mol. The molecule has 0 atom stereocenters. The maximum atomic E-state index is 4.84. The van der Waals surface area contributed by atoms with E-state index in [0.717, 1.165) is 57.3 Å². The summed E-state index contributed by atoms with van der Waals surface area (Å²) in [4.78, 5) is 14.3. The van der Waals surface area contributed by atoms with Gasteiger partial charge in [0, 0.05) is 45.0 Å². The molecule has 0 spiro atoms. The van der Waals surface area contributed by atoms with E-state index in [0.29, 0.717) is 6.04 Å². The number of benzene rings is 2. The molecule has 0 unspecified atom stereocenters. The van der Waals surface area contributed by atoms with Gasteiger partial charge in [-0.05, 0) is 48.4 Å². The van der Waals surface area contributed by atoms with Crippen LogP contribution in [-0.4, -0.2) is 47.1 Å². The third-order valence-corrected chi connectivity index (χ3v) is 6.96. The lowest BCUT2D eigenvalue weighted by Crippen LogP contribution is -2.39. The molecule has 2 saturated heterocycles. The molecule has 33 heavy (non-hydrogen) atoms. The topological polar surface area (TPSA) is 44.3 Å². The fraction of sp³-hybridized carbons (Fsp3) is 0.429. The minimum Gasteiger partial charge on any atom is -0.356 e. The molecule has 5 rings (SSSR count). The first kappa shape index (κ1) is 21.9. The monoisotopic (exact) mass is 441 g/mol. The Balaban J connectivity index is 1.11. The van der Waals surface area contributed by atoms with Gasteiger partial charge in [0.1, 0.15) is 5.82 Å². The summed E-state index contributed by atoms with van der Waals surface area (Å²) in [6, 6.07) is 22.1. The van der Waals surface area contributed by atoms with Gasteiger partial charge in [0.25, 0.3) is 0 Å². The third kappa shape index (κ3) is 5.91. The zero-order chi connectivity index (χ0) is 22.3. The molecule has 2 fully saturated rings. The van der Waals surface area contributed by atoms with Crippen LogP contribution in [0.25, 0.3) is 11.1 Å². The summed E-state index contributed by atoms with van der Waals surface area (Å²) in [7, 11) is 0. The standard InChI is InChI=1S/C28H35N5/c1-2-7-19-33(18-6-1)27-14-17-29-28(31-27)30-26-15-20-32(21-16-26)22-23-10-12-25(13-11-23)24-8-4-3-5-9-24/h3-5,8-14,17,26H,1-2,6-7,15-16,18-22H2,(H,29,30,31). The minimum absolute atomic E-state index is 0.445. The van der Waals surface area contributed by atoms with Crippen molar-refractivity contribution >= 4 is 11.8 Å². The lowest BCUT2D eigenvalue weighted by Gasteiger charge is -2.32. The highest BCUT2D eigenvalue weighted by Crippen LogP contribution is 2.22. The van der Waals surface area contributed by atoms with Crippen LogP contribution in [0.4, 0.5) is 11.8 Å². The van der Waals surface area contributed by atoms with Gasteiger partial charge in [-0.2, -0.15) is 4.98 Å². The number of rotatable bonds is 6. The van der Waals surface area contributed by atoms with Gasteiger partial charge < -0.3 is 10.2 Å². The summed E-state index contributed by atoms with van der Waals surface area (Å²) in [5.41, 5.74) is 3.94. The first-order valence-corrected chi connectivity index (χ1v) is 12.5. The summed E-state index contributed by atoms with van der Waals surface area (Å²) in [6.45, 7) is 5.44. The van der Waals surface area contributed by atoms with Crippen molar-refractivity contribution in [1.29, 1.82) is 0 Å². The van der Waals surface area contributed by atoms with Crippen LogP contribution in [0.15, 0.2) is 66.9 Å². The second-order valence-corrected chi connectivity index (χ2v) is 9.40. The number of hydrogen-bond donors (Lipinski definition) is 1. The summed E-state index contributed by atoms with van der Waals surface area (Å²) in [5, 5.41) is 3.61. The summed E-state index contributed by atoms with van der Waals surface area (Å²) >= 11 is 0. The average Bonchev–Trinajstić information content (AvgIpc) is 3.16. The van der Waals surface area contributed by atoms with Crippen molar-refractivity contribution in [3.05, 3.63) is 72.4 Å². The number of likely N-dealkylation sites (tertiary alicyclic amines) is 1. The molecule has 0 aliphatic carbocycles. The van der Waals surface area contributed by atoms with Crippen molar-refractivity contribution in [2.45, 2.75) is 51.1 Å². The predicted molar refractivity (Wildman–Crippen MR) is 137 cm³/mol. The van der Waals surface area contributed by atoms with Gasteiger partial charge in [-0.3, -0.25) is 4.90 Å². The van der Waals surface area contributed by atoms with Gasteiger partial charge in [0.05, 0.1) is 0 Å². The van der Waals surface area contributed by atoms with E-state index in [1.165, 1.54) is 42.4 Å². The molecule has 172 valence electrons. The van der Waals surface area contributed by atoms with E-state index in [2.05, 4.69) is 80.8 Å². The first-order valence-electron chi connectivity index (χ1n) is 12.5. The van der Waals surface area contributed by atoms with Crippen molar-refractivity contribution < 1.29 is 0 Å². The highest BCUT2D eigenvalue weighted by molar-refractivity contribution is 5.63. The number of hydrogen-bond acceptors (Lipinski definition) is 5. The molecule has 5 heteroatoms. The SMILES string of the molecule is c1ccc(-c2ccc(CN3CCC(Nc4nccc(N5CCCCCC5)n4)CC3)cc2)cc1. The minimum atomic E-state index is 0.445. The quantitative estimate of drug-likeness (QED) is 0.539. The summed E-state index contributed by atoms with van der Waals surface area (Å²) in [6.07, 6.45) is 9.36. The van der Waals surface area contributed by atoms with Crippen LogP contribution in [0.1, 0.15) is 44.1 Å². The van der Waals surface area contributed by atoms with Gasteiger partial charge in [-0.1, -0.05) is 67.4 Å². The molecule has 3 aromatic rings. The van der Waals surface area contributed by atoms with Gasteiger partial charge >= 0.3 is 0 Å². The van der Waals surface area contributed by atoms with E-state index in [4.69, 9.17) is 4.98 Å². The van der Waals surface area contributed by atoms with Crippen molar-refractivity contribution in [2.75, 3.05) is 36.4 Å². The average molecular weight is 442 g/mol. The van der Waals surface area contributed by atoms with Crippen LogP contribution >= 0.6 is 0 Å². The van der Waals surface area contributed by atoms with E-state index in [1.54, 1.807) is 0 Å². The van der Waals surface area contributed by atoms with Gasteiger partial charge in [0.15, 0.2) is 0 Å². The van der Waals surface area contributed by atoms with Crippen molar-refractivity contribution in [2.24, 2.45) is 0 Å². The Morgan fingerprint density at radius 2 is 1.45 bits per heavy atom. The molecule has 3 heterocycles. The molecule has 5 nitrogen and oxygen atoms in total. The highest BCUT2D eigenvalue weighted by atomic mass is 15.2. The Morgan fingerprint density at radius 3 is 2.18 bits per heavy atom. The maximum Gasteiger partial charge on any atom is 0.224 e. The molecule has 2 aromatic carbocycles. The van der Waals surface area contributed by atoms with E-state index in [-0.39, 0.29) is 0 Å². The maximum absolute atomic E-state index is 4.84. The number of anilines is 2. The molecule has 0 saturated carbocycles. The molecule has 0 amide bonds. The zero-order valence-electron chi connectivity index (χ0n) is 19.5. The second kappa shape index (κ2) is 10.8. The molecule has 1 N–H and O–H groups in total. The van der Waals surface area contributed by atoms with Gasteiger partial charge in [-0.15, -0.1) is 0 Å². The van der Waals surface area contributed by atoms with Crippen molar-refractivity contribution in [1.82, 2.24) is 14.9 Å². The largest absolute Gasteiger partial charge is 0.356 e. The molecular formula is C28H35N5. The number of nitrogens with zero attached hydrogens (tertiary/aromatic N) is 4. The fourth-order valence-electron chi connectivity index (χ4n) is 5.00. The van der Waals surface area contributed by atoms with E-state index in [9.17, 15) is 0 Å². The Bertz CT molecular complexity index is 988. The molecule has 2 aliphatic heterocycles. The Labute approximate surface area is 197 Å². The van der Waals surface area contributed by atoms with Crippen LogP contribution in [0.5, 0.6) is 0 Å². The second-order valence-electron chi connectivity index (χ2n) is 9.40. The Morgan fingerprint density at radius 1 is 0.758 bits per heavy atom. The van der Waals surface area contributed by atoms with Crippen LogP contribution in [0, 0.1) is 0 Å². The molecule has 2 aliphatic rings. The molecule has 1 aromatic heterocycles. The van der Waals surface area contributed by atoms with E-state index in [1.807, 2.05) is 6.20 Å². The zero-order valence-corrected chi connectivity index (χ0v) is 19.5. The summed E-state index contributed by atoms with van der Waals surface area (Å²) in [5.74, 6) is 1.86. The van der Waals surface area contributed by atoms with Gasteiger partial charge in [-0.25, -0.2) is 4.98 Å². The normalized spacial score (nSPS) is 18.1. The highest BCUT2D eigenvalue weighted by Gasteiger charge is 2.20. The Hall–Kier alpha value is -2.92. The molecule has 0 radical (unpaired) electrons. The van der Waals surface area contributed by atoms with Crippen molar-refractivity contribution in [3.8, 4) is 11.1 Å². The van der Waals surface area contributed by atoms with Gasteiger partial charge in [0.2, 0.25) is 5.95 Å². The van der Waals surface area contributed by atoms with E-state index < -0.39 is 0 Å². The first-order chi connectivity index (χ1) is 16.3.